The van der Waals surface area contributed by atoms with Crippen LogP contribution in [0.25, 0.3) is 0 Å². The molecule has 568 valence electrons. The molecule has 17 nitrogen and oxygen atoms in total. The molecule has 0 aromatic heterocycles. The number of esters is 4. The van der Waals surface area contributed by atoms with Gasteiger partial charge in [0, 0.05) is 25.7 Å². The van der Waals surface area contributed by atoms with Crippen molar-refractivity contribution in [1.29, 1.82) is 0 Å². The van der Waals surface area contributed by atoms with Crippen LogP contribution >= 0.6 is 15.6 Å². The van der Waals surface area contributed by atoms with E-state index in [1.165, 1.54) is 19.3 Å². The fraction of sp³-hybridized carbons (Fsp3) is 0.630. The van der Waals surface area contributed by atoms with Crippen molar-refractivity contribution in [2.45, 2.75) is 290 Å². The van der Waals surface area contributed by atoms with Gasteiger partial charge in [0.05, 0.1) is 26.4 Å². The lowest BCUT2D eigenvalue weighted by atomic mass is 10.1. The van der Waals surface area contributed by atoms with Crippen LogP contribution in [-0.4, -0.2) is 96.7 Å². The van der Waals surface area contributed by atoms with Crippen molar-refractivity contribution in [3.05, 3.63) is 158 Å². The highest BCUT2D eigenvalue weighted by molar-refractivity contribution is 7.47. The number of phosphoric ester groups is 2. The third-order valence-electron chi connectivity index (χ3n) is 15.0. The van der Waals surface area contributed by atoms with E-state index < -0.39 is 97.5 Å². The van der Waals surface area contributed by atoms with E-state index in [2.05, 4.69) is 186 Å². The van der Waals surface area contributed by atoms with Crippen LogP contribution in [0.5, 0.6) is 0 Å². The Hall–Kier alpha value is -5.32. The van der Waals surface area contributed by atoms with Gasteiger partial charge in [0.15, 0.2) is 12.2 Å². The van der Waals surface area contributed by atoms with Gasteiger partial charge in [-0.05, 0) is 167 Å². The number of carbonyl (C=O) groups is 4. The van der Waals surface area contributed by atoms with Crippen LogP contribution in [-0.2, 0) is 65.4 Å². The van der Waals surface area contributed by atoms with Crippen LogP contribution in [0.1, 0.15) is 272 Å². The molecule has 0 aliphatic rings. The summed E-state index contributed by atoms with van der Waals surface area (Å²) >= 11 is 0. The molecule has 0 rings (SSSR count). The average molecular weight is 1440 g/mol. The van der Waals surface area contributed by atoms with E-state index in [9.17, 15) is 43.2 Å². The minimum atomic E-state index is -5.00. The second kappa shape index (κ2) is 72.0. The largest absolute Gasteiger partial charge is 0.472 e. The minimum Gasteiger partial charge on any atom is -0.462 e. The van der Waals surface area contributed by atoms with Crippen molar-refractivity contribution >= 4 is 39.5 Å². The van der Waals surface area contributed by atoms with E-state index in [0.717, 1.165) is 167 Å². The van der Waals surface area contributed by atoms with Crippen LogP contribution in [0.4, 0.5) is 0 Å². The predicted molar refractivity (Wildman–Crippen MR) is 408 cm³/mol. The summed E-state index contributed by atoms with van der Waals surface area (Å²) in [4.78, 5) is 72.8. The van der Waals surface area contributed by atoms with Gasteiger partial charge in [-0.1, -0.05) is 237 Å². The van der Waals surface area contributed by atoms with Gasteiger partial charge < -0.3 is 33.8 Å². The first-order chi connectivity index (χ1) is 48.7. The number of phosphoric acid groups is 2. The lowest BCUT2D eigenvalue weighted by molar-refractivity contribution is -0.161. The van der Waals surface area contributed by atoms with E-state index >= 15 is 0 Å². The summed E-state index contributed by atoms with van der Waals surface area (Å²) in [5.41, 5.74) is 0. The molecule has 5 atom stereocenters. The summed E-state index contributed by atoms with van der Waals surface area (Å²) < 4.78 is 68.4. The second-order valence-electron chi connectivity index (χ2n) is 24.4. The van der Waals surface area contributed by atoms with Gasteiger partial charge in [-0.2, -0.15) is 0 Å². The highest BCUT2D eigenvalue weighted by atomic mass is 31.2. The zero-order valence-electron chi connectivity index (χ0n) is 61.8. The Morgan fingerprint density at radius 3 is 0.820 bits per heavy atom. The van der Waals surface area contributed by atoms with Gasteiger partial charge in [0.1, 0.15) is 19.3 Å². The number of carbonyl (C=O) groups excluding carboxylic acids is 4. The lowest BCUT2D eigenvalue weighted by Gasteiger charge is -2.21. The zero-order chi connectivity index (χ0) is 73.2. The fourth-order valence-electron chi connectivity index (χ4n) is 9.30. The van der Waals surface area contributed by atoms with Crippen molar-refractivity contribution in [3.8, 4) is 0 Å². The molecule has 3 N–H and O–H groups in total. The number of hydrogen-bond acceptors (Lipinski definition) is 15. The average Bonchev–Trinajstić information content (AvgIpc) is 1.01. The van der Waals surface area contributed by atoms with E-state index in [1.54, 1.807) is 0 Å². The van der Waals surface area contributed by atoms with Crippen molar-refractivity contribution in [1.82, 2.24) is 0 Å². The Morgan fingerprint density at radius 2 is 0.520 bits per heavy atom. The highest BCUT2D eigenvalue weighted by Crippen LogP contribution is 2.45. The minimum absolute atomic E-state index is 0.0275. The predicted octanol–water partition coefficient (Wildman–Crippen LogP) is 21.7. The van der Waals surface area contributed by atoms with Gasteiger partial charge in [0.2, 0.25) is 0 Å². The number of allylic oxidation sites excluding steroid dienone is 26. The van der Waals surface area contributed by atoms with Crippen LogP contribution in [0.2, 0.25) is 0 Å². The van der Waals surface area contributed by atoms with E-state index in [1.807, 2.05) is 0 Å². The maximum absolute atomic E-state index is 13.1. The quantitative estimate of drug-likeness (QED) is 0.0169. The monoisotopic (exact) mass is 1440 g/mol. The molecule has 0 amide bonds. The van der Waals surface area contributed by atoms with Gasteiger partial charge in [-0.25, -0.2) is 9.13 Å². The Bertz CT molecular complexity index is 2520. The zero-order valence-corrected chi connectivity index (χ0v) is 63.6. The molecule has 0 bridgehead atoms. The molecule has 19 heteroatoms. The number of aliphatic hydroxyl groups is 1. The first-order valence-corrected chi connectivity index (χ1v) is 40.7. The van der Waals surface area contributed by atoms with Gasteiger partial charge in [0.25, 0.3) is 0 Å². The molecule has 0 fully saturated rings. The Labute approximate surface area is 604 Å². The van der Waals surface area contributed by atoms with E-state index in [-0.39, 0.29) is 25.7 Å². The normalized spacial score (nSPS) is 14.8. The molecule has 0 radical (unpaired) electrons. The lowest BCUT2D eigenvalue weighted by Crippen LogP contribution is -2.30. The molecule has 0 spiro atoms. The Kier molecular flexibility index (Phi) is 68.2. The van der Waals surface area contributed by atoms with Gasteiger partial charge >= 0.3 is 39.5 Å². The molecule has 0 aromatic carbocycles. The standard InChI is InChI=1S/C81H132O17P2/c1-5-9-13-17-21-25-29-33-37-41-45-49-53-57-61-65-78(83)91-71-76(97-80(85)67-63-59-55-51-47-43-39-35-31-27-23-19-15-11-7-3)73-95-99(87,88)93-69-75(82)70-94-100(89,90)96-74-77(98-81(86)68-64-60-56-52-48-44-40-36-32-28-24-20-16-12-8-4)72-92-79(84)66-62-58-54-50-46-42-38-34-30-26-22-18-14-10-6-2/h9-11,13-15,21-28,33-40,45,47,49,51,75-77,82H,5-8,12,16-20,29-32,41-44,46,48,50,52-74H2,1-4H3,(H,87,88)(H,89,90)/b13-9-,14-10-,15-11-,25-21-,26-22-,27-23-,28-24-,37-33-,38-34-,39-35-,40-36-,49-45-,51-47-. The van der Waals surface area contributed by atoms with Crippen molar-refractivity contribution in [3.63, 3.8) is 0 Å². The number of hydrogen-bond donors (Lipinski definition) is 3. The summed E-state index contributed by atoms with van der Waals surface area (Å²) in [7, 11) is -10.00. The van der Waals surface area contributed by atoms with Crippen LogP contribution in [0.3, 0.4) is 0 Å². The first kappa shape index (κ1) is 94.7. The number of unbranched alkanes of at least 4 members (excludes halogenated alkanes) is 17. The maximum atomic E-state index is 13.1. The third-order valence-corrected chi connectivity index (χ3v) is 16.9. The summed E-state index contributed by atoms with van der Waals surface area (Å²) in [6.07, 6.45) is 82.4. The van der Waals surface area contributed by atoms with Crippen LogP contribution < -0.4 is 0 Å². The van der Waals surface area contributed by atoms with Crippen molar-refractivity contribution in [2.75, 3.05) is 39.6 Å². The maximum Gasteiger partial charge on any atom is 0.472 e. The first-order valence-electron chi connectivity index (χ1n) is 37.7. The van der Waals surface area contributed by atoms with Gasteiger partial charge in [-0.15, -0.1) is 0 Å². The van der Waals surface area contributed by atoms with Crippen molar-refractivity contribution < 1.29 is 80.2 Å². The summed E-state index contributed by atoms with van der Waals surface area (Å²) in [6.45, 7) is 4.35. The second-order valence-corrected chi connectivity index (χ2v) is 27.3. The molecule has 0 heterocycles. The highest BCUT2D eigenvalue weighted by Gasteiger charge is 2.30. The molecule has 0 aromatic rings. The topological polar surface area (TPSA) is 237 Å². The Morgan fingerprint density at radius 1 is 0.290 bits per heavy atom. The molecule has 0 aliphatic heterocycles. The van der Waals surface area contributed by atoms with Crippen molar-refractivity contribution in [2.24, 2.45) is 0 Å². The van der Waals surface area contributed by atoms with E-state index in [0.29, 0.717) is 32.1 Å². The summed E-state index contributed by atoms with van der Waals surface area (Å²) in [6, 6.07) is 0. The Balaban J connectivity index is 5.47. The number of rotatable bonds is 69. The molecule has 5 unspecified atom stereocenters. The molecular formula is C81H132O17P2. The molecule has 0 saturated carbocycles. The molecule has 0 saturated heterocycles. The van der Waals surface area contributed by atoms with Gasteiger partial charge in [-0.3, -0.25) is 37.3 Å². The van der Waals surface area contributed by atoms with E-state index in [4.69, 9.17) is 37.0 Å². The van der Waals surface area contributed by atoms with Crippen LogP contribution in [0, 0.1) is 0 Å². The molecule has 0 aliphatic carbocycles. The fourth-order valence-corrected chi connectivity index (χ4v) is 10.9. The summed E-state index contributed by atoms with van der Waals surface area (Å²) in [5.74, 6) is -2.32. The molecule has 100 heavy (non-hydrogen) atoms. The summed E-state index contributed by atoms with van der Waals surface area (Å²) in [5, 5.41) is 10.6. The third kappa shape index (κ3) is 71.1. The number of ether oxygens (including phenoxy) is 4. The molecular weight excluding hydrogens is 1310 g/mol. The number of aliphatic hydroxyl groups excluding tert-OH is 1. The van der Waals surface area contributed by atoms with Crippen LogP contribution in [0.15, 0.2) is 158 Å². The SMILES string of the molecule is CC/C=C\C/C=C\C/C=C\C/C=C\CCCCC(=O)OCC(COP(=O)(O)OCC(O)COP(=O)(O)OCC(COC(=O)CCCCCCC/C=C\C/C=C\C/C=C\CC)OC(=O)CCCCCCC/C=C\C/C=C\CCCCC)OC(=O)CCCC/C=C\C/C=C\C/C=C\C/C=C\CC. The smallest absolute Gasteiger partial charge is 0.462 e.